The molecule has 0 fully saturated rings. The van der Waals surface area contributed by atoms with Crippen molar-refractivity contribution in [3.63, 3.8) is 0 Å². The van der Waals surface area contributed by atoms with Gasteiger partial charge in [0.15, 0.2) is 0 Å². The van der Waals surface area contributed by atoms with Crippen molar-refractivity contribution in [1.29, 1.82) is 0 Å². The largest absolute Gasteiger partial charge is 0.497 e. The van der Waals surface area contributed by atoms with Crippen molar-refractivity contribution >= 4 is 40.0 Å². The zero-order valence-corrected chi connectivity index (χ0v) is 18.2. The molecule has 4 aromatic rings. The first-order valence-electron chi connectivity index (χ1n) is 9.87. The minimum atomic E-state index is -0.331. The van der Waals surface area contributed by atoms with E-state index in [1.165, 1.54) is 7.05 Å². The van der Waals surface area contributed by atoms with Crippen LogP contribution in [0.15, 0.2) is 72.8 Å². The van der Waals surface area contributed by atoms with Crippen LogP contribution in [0.4, 0.5) is 5.69 Å². The van der Waals surface area contributed by atoms with Crippen LogP contribution in [-0.4, -0.2) is 31.0 Å². The molecule has 160 valence electrons. The molecule has 1 aromatic heterocycles. The van der Waals surface area contributed by atoms with Crippen molar-refractivity contribution in [1.82, 2.24) is 10.3 Å². The lowest BCUT2D eigenvalue weighted by Gasteiger charge is -2.12. The summed E-state index contributed by atoms with van der Waals surface area (Å²) in [6.45, 7) is 0. The Bertz CT molecular complexity index is 1320. The second-order valence-electron chi connectivity index (χ2n) is 7.03. The molecule has 2 amide bonds. The molecule has 0 saturated carbocycles. The number of amides is 2. The predicted molar refractivity (Wildman–Crippen MR) is 127 cm³/mol. The van der Waals surface area contributed by atoms with Crippen LogP contribution in [-0.2, 0) is 0 Å². The molecular weight excluding hydrogens is 426 g/mol. The van der Waals surface area contributed by atoms with Crippen molar-refractivity contribution in [2.45, 2.75) is 0 Å². The smallest absolute Gasteiger partial charge is 0.256 e. The summed E-state index contributed by atoms with van der Waals surface area (Å²) < 4.78 is 5.22. The lowest BCUT2D eigenvalue weighted by molar-refractivity contribution is 0.0961. The van der Waals surface area contributed by atoms with Gasteiger partial charge in [-0.25, -0.2) is 4.98 Å². The van der Waals surface area contributed by atoms with Crippen molar-refractivity contribution in [3.8, 4) is 17.0 Å². The molecule has 2 N–H and O–H groups in total. The lowest BCUT2D eigenvalue weighted by Crippen LogP contribution is -2.19. The molecule has 0 aliphatic heterocycles. The first-order valence-corrected chi connectivity index (χ1v) is 10.2. The van der Waals surface area contributed by atoms with E-state index in [1.54, 1.807) is 31.4 Å². The summed E-state index contributed by atoms with van der Waals surface area (Å²) in [6, 6.07) is 21.5. The number of carbonyl (C=O) groups excluding carboxylic acids is 2. The van der Waals surface area contributed by atoms with Gasteiger partial charge in [-0.2, -0.15) is 0 Å². The summed E-state index contributed by atoms with van der Waals surface area (Å²) in [6.07, 6.45) is 0. The fourth-order valence-electron chi connectivity index (χ4n) is 3.38. The third kappa shape index (κ3) is 4.26. The van der Waals surface area contributed by atoms with E-state index in [0.29, 0.717) is 27.5 Å². The number of fused-ring (bicyclic) bond motifs is 1. The van der Waals surface area contributed by atoms with Gasteiger partial charge in [-0.1, -0.05) is 29.8 Å². The predicted octanol–water partition coefficient (Wildman–Crippen LogP) is 5.18. The summed E-state index contributed by atoms with van der Waals surface area (Å²) in [4.78, 5) is 30.0. The Morgan fingerprint density at radius 1 is 0.906 bits per heavy atom. The van der Waals surface area contributed by atoms with E-state index in [-0.39, 0.29) is 17.4 Å². The van der Waals surface area contributed by atoms with Crippen LogP contribution in [0.1, 0.15) is 20.7 Å². The van der Waals surface area contributed by atoms with E-state index in [0.717, 1.165) is 16.7 Å². The van der Waals surface area contributed by atoms with Gasteiger partial charge in [-0.3, -0.25) is 9.59 Å². The van der Waals surface area contributed by atoms with Gasteiger partial charge in [0.25, 0.3) is 11.8 Å². The number of nitrogens with zero attached hydrogens (tertiary/aromatic N) is 1. The molecule has 7 heteroatoms. The standard InChI is InChI=1S/C25H20ClN3O3/c1-27-24(30)20-13-16(9-12-21(20)26)28-25(31)19-14-23(15-7-10-17(32-2)11-8-15)29-22-6-4-3-5-18(19)22/h3-14H,1-2H3,(H,27,30)(H,28,31). The summed E-state index contributed by atoms with van der Waals surface area (Å²) >= 11 is 6.12. The van der Waals surface area contributed by atoms with E-state index >= 15 is 0 Å². The second-order valence-corrected chi connectivity index (χ2v) is 7.44. The van der Waals surface area contributed by atoms with Crippen molar-refractivity contribution in [2.24, 2.45) is 0 Å². The third-order valence-corrected chi connectivity index (χ3v) is 5.37. The van der Waals surface area contributed by atoms with Gasteiger partial charge in [-0.15, -0.1) is 0 Å². The minimum absolute atomic E-state index is 0.283. The number of benzene rings is 3. The summed E-state index contributed by atoms with van der Waals surface area (Å²) in [5.74, 6) is 0.0907. The van der Waals surface area contributed by atoms with E-state index < -0.39 is 0 Å². The Kier molecular flexibility index (Phi) is 6.05. The Labute approximate surface area is 190 Å². The zero-order chi connectivity index (χ0) is 22.7. The highest BCUT2D eigenvalue weighted by molar-refractivity contribution is 6.34. The van der Waals surface area contributed by atoms with Gasteiger partial charge >= 0.3 is 0 Å². The van der Waals surface area contributed by atoms with E-state index in [4.69, 9.17) is 21.3 Å². The topological polar surface area (TPSA) is 80.3 Å². The van der Waals surface area contributed by atoms with Crippen molar-refractivity contribution in [2.75, 3.05) is 19.5 Å². The maximum absolute atomic E-state index is 13.3. The lowest BCUT2D eigenvalue weighted by atomic mass is 10.0. The highest BCUT2D eigenvalue weighted by Gasteiger charge is 2.16. The first kappa shape index (κ1) is 21.3. The number of hydrogen-bond acceptors (Lipinski definition) is 4. The average molecular weight is 446 g/mol. The maximum atomic E-state index is 13.3. The van der Waals surface area contributed by atoms with E-state index in [9.17, 15) is 9.59 Å². The Hall–Kier alpha value is -3.90. The van der Waals surface area contributed by atoms with Crippen LogP contribution in [0.3, 0.4) is 0 Å². The van der Waals surface area contributed by atoms with Gasteiger partial charge in [0.05, 0.1) is 34.5 Å². The van der Waals surface area contributed by atoms with E-state index in [2.05, 4.69) is 10.6 Å². The Balaban J connectivity index is 1.74. The molecule has 0 saturated heterocycles. The molecule has 3 aromatic carbocycles. The summed E-state index contributed by atoms with van der Waals surface area (Å²) in [7, 11) is 3.13. The zero-order valence-electron chi connectivity index (χ0n) is 17.5. The fraction of sp³-hybridized carbons (Fsp3) is 0.0800. The quantitative estimate of drug-likeness (QED) is 0.443. The van der Waals surface area contributed by atoms with Gasteiger partial charge < -0.3 is 15.4 Å². The summed E-state index contributed by atoms with van der Waals surface area (Å²) in [5, 5.41) is 6.44. The SMILES string of the molecule is CNC(=O)c1cc(NC(=O)c2cc(-c3ccc(OC)cc3)nc3ccccc23)ccc1Cl. The molecule has 32 heavy (non-hydrogen) atoms. The number of halogens is 1. The van der Waals surface area contributed by atoms with Crippen LogP contribution in [0.5, 0.6) is 5.75 Å². The van der Waals surface area contributed by atoms with Crippen LogP contribution >= 0.6 is 11.6 Å². The number of methoxy groups -OCH3 is 1. The van der Waals surface area contributed by atoms with Crippen molar-refractivity contribution < 1.29 is 14.3 Å². The summed E-state index contributed by atoms with van der Waals surface area (Å²) in [5.41, 5.74) is 3.44. The van der Waals surface area contributed by atoms with Gasteiger partial charge in [0.1, 0.15) is 5.75 Å². The number of para-hydroxylation sites is 1. The Morgan fingerprint density at radius 3 is 2.38 bits per heavy atom. The molecule has 0 aliphatic carbocycles. The molecule has 0 unspecified atom stereocenters. The monoisotopic (exact) mass is 445 g/mol. The maximum Gasteiger partial charge on any atom is 0.256 e. The molecule has 4 rings (SSSR count). The number of hydrogen-bond donors (Lipinski definition) is 2. The highest BCUT2D eigenvalue weighted by Crippen LogP contribution is 2.27. The molecule has 0 radical (unpaired) electrons. The highest BCUT2D eigenvalue weighted by atomic mass is 35.5. The van der Waals surface area contributed by atoms with E-state index in [1.807, 2.05) is 48.5 Å². The second kappa shape index (κ2) is 9.08. The first-order chi connectivity index (χ1) is 15.5. The number of nitrogens with one attached hydrogen (secondary N) is 2. The normalized spacial score (nSPS) is 10.6. The number of rotatable bonds is 5. The molecule has 0 aliphatic rings. The number of pyridine rings is 1. The number of ether oxygens (including phenoxy) is 1. The van der Waals surface area contributed by atoms with Crippen LogP contribution in [0.2, 0.25) is 5.02 Å². The van der Waals surface area contributed by atoms with Crippen LogP contribution < -0.4 is 15.4 Å². The average Bonchev–Trinajstić information content (AvgIpc) is 2.84. The molecule has 6 nitrogen and oxygen atoms in total. The molecule has 0 atom stereocenters. The fourth-order valence-corrected chi connectivity index (χ4v) is 3.59. The van der Waals surface area contributed by atoms with Gasteiger partial charge in [0.2, 0.25) is 0 Å². The van der Waals surface area contributed by atoms with Gasteiger partial charge in [0, 0.05) is 23.7 Å². The number of anilines is 1. The third-order valence-electron chi connectivity index (χ3n) is 5.04. The number of carbonyl (C=O) groups is 2. The molecule has 0 spiro atoms. The Morgan fingerprint density at radius 2 is 1.66 bits per heavy atom. The number of aromatic nitrogens is 1. The van der Waals surface area contributed by atoms with Crippen molar-refractivity contribution in [3.05, 3.63) is 88.9 Å². The van der Waals surface area contributed by atoms with Crippen LogP contribution in [0, 0.1) is 0 Å². The molecule has 0 bridgehead atoms. The molecular formula is C25H20ClN3O3. The minimum Gasteiger partial charge on any atom is -0.497 e. The van der Waals surface area contributed by atoms with Gasteiger partial charge in [-0.05, 0) is 54.6 Å². The molecule has 1 heterocycles. The van der Waals surface area contributed by atoms with Crippen LogP contribution in [0.25, 0.3) is 22.2 Å².